The predicted octanol–water partition coefficient (Wildman–Crippen LogP) is 0.992. The molecule has 7 nitrogen and oxygen atoms in total. The fraction of sp³-hybridized carbons (Fsp3) is 0.412. The predicted molar refractivity (Wildman–Crippen MR) is 86.7 cm³/mol. The van der Waals surface area contributed by atoms with Gasteiger partial charge >= 0.3 is 5.97 Å². The minimum Gasteiger partial charge on any atom is -0.480 e. The number of carboxylic acid groups (broad SMARTS) is 1. The van der Waals surface area contributed by atoms with Gasteiger partial charge in [-0.05, 0) is 17.7 Å². The standard InChI is InChI=1S/C17H20FN3O4/c1-10(7-8-19)15(17(24)25)21-16(23)14(20-11(2)22)9-12-3-5-13(18)6-4-12/h3-6,10,14-15H,7,9H2,1-2H3,(H,20,22)(H,21,23)(H,24,25)/t10-,14-,15+/m0/s1. The zero-order valence-electron chi connectivity index (χ0n) is 14.0. The Morgan fingerprint density at radius 2 is 1.84 bits per heavy atom. The highest BCUT2D eigenvalue weighted by atomic mass is 19.1. The summed E-state index contributed by atoms with van der Waals surface area (Å²) in [6.07, 6.45) is 0.0324. The van der Waals surface area contributed by atoms with E-state index in [4.69, 9.17) is 5.26 Å². The molecule has 1 aromatic carbocycles. The van der Waals surface area contributed by atoms with Crippen LogP contribution in [0.5, 0.6) is 0 Å². The molecule has 0 bridgehead atoms. The van der Waals surface area contributed by atoms with Crippen molar-refractivity contribution >= 4 is 17.8 Å². The molecule has 0 unspecified atom stereocenters. The first-order valence-corrected chi connectivity index (χ1v) is 7.66. The molecule has 0 aliphatic carbocycles. The van der Waals surface area contributed by atoms with Crippen LogP contribution in [0, 0.1) is 23.1 Å². The molecule has 3 atom stereocenters. The van der Waals surface area contributed by atoms with E-state index < -0.39 is 41.6 Å². The Bertz CT molecular complexity index is 669. The van der Waals surface area contributed by atoms with Gasteiger partial charge in [0.25, 0.3) is 0 Å². The summed E-state index contributed by atoms with van der Waals surface area (Å²) in [6.45, 7) is 2.77. The van der Waals surface area contributed by atoms with Crippen LogP contribution in [-0.2, 0) is 20.8 Å². The first-order chi connectivity index (χ1) is 11.7. The minimum absolute atomic E-state index is 0.0417. The van der Waals surface area contributed by atoms with Crippen molar-refractivity contribution in [2.24, 2.45) is 5.92 Å². The first-order valence-electron chi connectivity index (χ1n) is 7.66. The molecule has 134 valence electrons. The zero-order chi connectivity index (χ0) is 19.0. The summed E-state index contributed by atoms with van der Waals surface area (Å²) in [5.41, 5.74) is 0.604. The van der Waals surface area contributed by atoms with Crippen LogP contribution in [-0.4, -0.2) is 35.0 Å². The summed E-state index contributed by atoms with van der Waals surface area (Å²) < 4.78 is 13.0. The van der Waals surface area contributed by atoms with Crippen molar-refractivity contribution in [3.05, 3.63) is 35.6 Å². The number of nitrogens with one attached hydrogen (secondary N) is 2. The lowest BCUT2D eigenvalue weighted by Crippen LogP contribution is -2.53. The fourth-order valence-corrected chi connectivity index (χ4v) is 2.27. The van der Waals surface area contributed by atoms with E-state index in [9.17, 15) is 23.9 Å². The van der Waals surface area contributed by atoms with Crippen molar-refractivity contribution in [1.29, 1.82) is 5.26 Å². The number of halogens is 1. The lowest BCUT2D eigenvalue weighted by molar-refractivity contribution is -0.143. The van der Waals surface area contributed by atoms with E-state index >= 15 is 0 Å². The van der Waals surface area contributed by atoms with Gasteiger partial charge in [0.1, 0.15) is 17.9 Å². The van der Waals surface area contributed by atoms with Crippen LogP contribution in [0.1, 0.15) is 25.8 Å². The largest absolute Gasteiger partial charge is 0.480 e. The molecule has 0 saturated carbocycles. The van der Waals surface area contributed by atoms with E-state index in [2.05, 4.69) is 10.6 Å². The maximum absolute atomic E-state index is 13.0. The van der Waals surface area contributed by atoms with E-state index in [1.165, 1.54) is 38.1 Å². The van der Waals surface area contributed by atoms with Gasteiger partial charge < -0.3 is 15.7 Å². The maximum Gasteiger partial charge on any atom is 0.326 e. The second-order valence-electron chi connectivity index (χ2n) is 5.75. The van der Waals surface area contributed by atoms with Gasteiger partial charge in [-0.3, -0.25) is 9.59 Å². The number of nitrogens with zero attached hydrogens (tertiary/aromatic N) is 1. The molecule has 1 rings (SSSR count). The Labute approximate surface area is 144 Å². The molecule has 3 N–H and O–H groups in total. The topological polar surface area (TPSA) is 119 Å². The van der Waals surface area contributed by atoms with Crippen molar-refractivity contribution in [3.63, 3.8) is 0 Å². The van der Waals surface area contributed by atoms with Crippen LogP contribution in [0.4, 0.5) is 4.39 Å². The summed E-state index contributed by atoms with van der Waals surface area (Å²) in [4.78, 5) is 35.1. The SMILES string of the molecule is CC(=O)N[C@@H](Cc1ccc(F)cc1)C(=O)N[C@@H](C(=O)O)[C@@H](C)CC#N. The molecule has 8 heteroatoms. The number of carboxylic acids is 1. The lowest BCUT2D eigenvalue weighted by atomic mass is 9.98. The quantitative estimate of drug-likeness (QED) is 0.647. The van der Waals surface area contributed by atoms with Crippen molar-refractivity contribution in [2.75, 3.05) is 0 Å². The number of carbonyl (C=O) groups excluding carboxylic acids is 2. The maximum atomic E-state index is 13.0. The molecule has 25 heavy (non-hydrogen) atoms. The van der Waals surface area contributed by atoms with Gasteiger partial charge in [-0.2, -0.15) is 5.26 Å². The van der Waals surface area contributed by atoms with E-state index in [1.807, 2.05) is 6.07 Å². The van der Waals surface area contributed by atoms with Crippen molar-refractivity contribution < 1.29 is 23.9 Å². The van der Waals surface area contributed by atoms with Crippen LogP contribution in [0.25, 0.3) is 0 Å². The van der Waals surface area contributed by atoms with Gasteiger partial charge in [-0.25, -0.2) is 9.18 Å². The Morgan fingerprint density at radius 3 is 2.32 bits per heavy atom. The van der Waals surface area contributed by atoms with Crippen molar-refractivity contribution in [2.45, 2.75) is 38.8 Å². The molecule has 0 aromatic heterocycles. The number of aliphatic carboxylic acids is 1. The molecule has 0 aliphatic rings. The molecule has 0 saturated heterocycles. The Balaban J connectivity index is 2.91. The number of carbonyl (C=O) groups is 3. The Kier molecular flexibility index (Phi) is 7.53. The first kappa shape index (κ1) is 20.1. The third kappa shape index (κ3) is 6.59. The van der Waals surface area contributed by atoms with E-state index in [0.717, 1.165) is 0 Å². The number of rotatable bonds is 8. The van der Waals surface area contributed by atoms with Crippen LogP contribution in [0.3, 0.4) is 0 Å². The number of nitriles is 1. The van der Waals surface area contributed by atoms with E-state index in [-0.39, 0.29) is 12.8 Å². The molecule has 2 amide bonds. The molecular weight excluding hydrogens is 329 g/mol. The van der Waals surface area contributed by atoms with Crippen molar-refractivity contribution in [3.8, 4) is 6.07 Å². The van der Waals surface area contributed by atoms with E-state index in [0.29, 0.717) is 5.56 Å². The average molecular weight is 349 g/mol. The highest BCUT2D eigenvalue weighted by molar-refractivity contribution is 5.90. The second kappa shape index (κ2) is 9.37. The molecule has 0 fully saturated rings. The van der Waals surface area contributed by atoms with Crippen LogP contribution >= 0.6 is 0 Å². The smallest absolute Gasteiger partial charge is 0.326 e. The van der Waals surface area contributed by atoms with Gasteiger partial charge in [0.05, 0.1) is 6.07 Å². The highest BCUT2D eigenvalue weighted by Gasteiger charge is 2.30. The number of amides is 2. The summed E-state index contributed by atoms with van der Waals surface area (Å²) in [6, 6.07) is 5.01. The summed E-state index contributed by atoms with van der Waals surface area (Å²) in [7, 11) is 0. The van der Waals surface area contributed by atoms with Crippen LogP contribution in [0.2, 0.25) is 0 Å². The van der Waals surface area contributed by atoms with Crippen LogP contribution in [0.15, 0.2) is 24.3 Å². The monoisotopic (exact) mass is 349 g/mol. The zero-order valence-corrected chi connectivity index (χ0v) is 14.0. The summed E-state index contributed by atoms with van der Waals surface area (Å²) in [5.74, 6) is -3.44. The van der Waals surface area contributed by atoms with Crippen LogP contribution < -0.4 is 10.6 Å². The number of benzene rings is 1. The van der Waals surface area contributed by atoms with Crippen molar-refractivity contribution in [1.82, 2.24) is 10.6 Å². The highest BCUT2D eigenvalue weighted by Crippen LogP contribution is 2.10. The molecule has 1 aromatic rings. The van der Waals surface area contributed by atoms with Gasteiger partial charge in [-0.1, -0.05) is 19.1 Å². The minimum atomic E-state index is -1.26. The van der Waals surface area contributed by atoms with E-state index in [1.54, 1.807) is 0 Å². The molecule has 0 radical (unpaired) electrons. The Morgan fingerprint density at radius 1 is 1.24 bits per heavy atom. The van der Waals surface area contributed by atoms with Gasteiger partial charge in [0.15, 0.2) is 0 Å². The third-order valence-electron chi connectivity index (χ3n) is 3.59. The average Bonchev–Trinajstić information content (AvgIpc) is 2.53. The molecular formula is C17H20FN3O4. The van der Waals surface area contributed by atoms with Gasteiger partial charge in [0.2, 0.25) is 11.8 Å². The van der Waals surface area contributed by atoms with Gasteiger partial charge in [-0.15, -0.1) is 0 Å². The normalized spacial score (nSPS) is 13.8. The van der Waals surface area contributed by atoms with Gasteiger partial charge in [0, 0.05) is 25.7 Å². The summed E-state index contributed by atoms with van der Waals surface area (Å²) >= 11 is 0. The second-order valence-corrected chi connectivity index (χ2v) is 5.75. The Hall–Kier alpha value is -2.95. The number of hydrogen-bond acceptors (Lipinski definition) is 4. The molecule has 0 aliphatic heterocycles. The fourth-order valence-electron chi connectivity index (χ4n) is 2.27. The molecule has 0 spiro atoms. The number of hydrogen-bond donors (Lipinski definition) is 3. The molecule has 0 heterocycles. The third-order valence-corrected chi connectivity index (χ3v) is 3.59. The lowest BCUT2D eigenvalue weighted by Gasteiger charge is -2.23. The summed E-state index contributed by atoms with van der Waals surface area (Å²) in [5, 5.41) is 22.8.